The van der Waals surface area contributed by atoms with Gasteiger partial charge in [0, 0.05) is 10.9 Å². The topological polar surface area (TPSA) is 72.2 Å². The number of pyridine rings is 1. The van der Waals surface area contributed by atoms with Gasteiger partial charge in [-0.15, -0.1) is 0 Å². The van der Waals surface area contributed by atoms with E-state index in [0.29, 0.717) is 40.9 Å². The molecule has 0 saturated heterocycles. The highest BCUT2D eigenvalue weighted by Gasteiger charge is 2.16. The first kappa shape index (κ1) is 18.3. The minimum atomic E-state index is -0.0483. The van der Waals surface area contributed by atoms with E-state index in [2.05, 4.69) is 11.1 Å². The summed E-state index contributed by atoms with van der Waals surface area (Å²) >= 11 is 1.28. The van der Waals surface area contributed by atoms with Gasteiger partial charge in [-0.1, -0.05) is 11.8 Å². The van der Waals surface area contributed by atoms with Gasteiger partial charge >= 0.3 is 0 Å². The monoisotopic (exact) mass is 390 g/mol. The Labute approximate surface area is 167 Å². The molecule has 5 nitrogen and oxygen atoms in total. The van der Waals surface area contributed by atoms with Gasteiger partial charge in [-0.25, -0.2) is 4.98 Å². The van der Waals surface area contributed by atoms with Crippen molar-refractivity contribution in [3.05, 3.63) is 58.7 Å². The Kier molecular flexibility index (Phi) is 4.93. The lowest BCUT2D eigenvalue weighted by molar-refractivity contribution is 0.102. The quantitative estimate of drug-likeness (QED) is 0.483. The Morgan fingerprint density at radius 3 is 2.64 bits per heavy atom. The first-order chi connectivity index (χ1) is 13.5. The third-order valence-electron chi connectivity index (χ3n) is 4.72. The fourth-order valence-corrected chi connectivity index (χ4v) is 3.90. The van der Waals surface area contributed by atoms with Crippen molar-refractivity contribution in [2.24, 2.45) is 0 Å². The highest BCUT2D eigenvalue weighted by molar-refractivity contribution is 8.00. The molecule has 0 amide bonds. The van der Waals surface area contributed by atoms with Crippen LogP contribution in [0, 0.1) is 25.2 Å². The zero-order valence-electron chi connectivity index (χ0n) is 15.6. The molecule has 0 radical (unpaired) electrons. The molecule has 6 heteroatoms. The molecule has 0 aliphatic carbocycles. The smallest absolute Gasteiger partial charge is 0.173 e. The van der Waals surface area contributed by atoms with Crippen molar-refractivity contribution in [1.29, 1.82) is 5.26 Å². The van der Waals surface area contributed by atoms with Crippen LogP contribution in [0.1, 0.15) is 27.0 Å². The molecule has 140 valence electrons. The first-order valence-electron chi connectivity index (χ1n) is 8.93. The van der Waals surface area contributed by atoms with Crippen LogP contribution in [0.25, 0.3) is 10.9 Å². The highest BCUT2D eigenvalue weighted by Crippen LogP contribution is 2.32. The Morgan fingerprint density at radius 2 is 1.86 bits per heavy atom. The minimum Gasteiger partial charge on any atom is -0.486 e. The number of rotatable bonds is 4. The van der Waals surface area contributed by atoms with Crippen LogP contribution in [0.4, 0.5) is 0 Å². The molecule has 2 heterocycles. The lowest BCUT2D eigenvalue weighted by Crippen LogP contribution is -2.16. The first-order valence-corrected chi connectivity index (χ1v) is 9.91. The molecule has 1 aliphatic rings. The summed E-state index contributed by atoms with van der Waals surface area (Å²) in [5.41, 5.74) is 4.18. The number of nitrogens with zero attached hydrogens (tertiary/aromatic N) is 2. The number of benzene rings is 2. The predicted molar refractivity (Wildman–Crippen MR) is 108 cm³/mol. The number of thioether (sulfide) groups is 1. The van der Waals surface area contributed by atoms with Crippen molar-refractivity contribution in [2.75, 3.05) is 19.0 Å². The summed E-state index contributed by atoms with van der Waals surface area (Å²) in [4.78, 5) is 17.3. The molecule has 0 atom stereocenters. The number of aromatic nitrogens is 1. The number of carbonyl (C=O) groups excluding carboxylic acids is 1. The molecule has 0 fully saturated rings. The maximum absolute atomic E-state index is 12.6. The molecule has 28 heavy (non-hydrogen) atoms. The van der Waals surface area contributed by atoms with Crippen LogP contribution in [-0.2, 0) is 0 Å². The van der Waals surface area contributed by atoms with E-state index in [4.69, 9.17) is 9.47 Å². The third kappa shape index (κ3) is 3.54. The third-order valence-corrected chi connectivity index (χ3v) is 5.71. The van der Waals surface area contributed by atoms with E-state index in [1.165, 1.54) is 11.8 Å². The zero-order chi connectivity index (χ0) is 19.7. The molecule has 0 bridgehead atoms. The van der Waals surface area contributed by atoms with Gasteiger partial charge in [0.25, 0.3) is 0 Å². The summed E-state index contributed by atoms with van der Waals surface area (Å²) < 4.78 is 11.0. The SMILES string of the molecule is Cc1cc2cc(C#N)c(SCC(=O)c3ccc4c(c3)OCCO4)nc2cc1C. The van der Waals surface area contributed by atoms with Gasteiger partial charge in [0.05, 0.1) is 16.8 Å². The summed E-state index contributed by atoms with van der Waals surface area (Å²) in [5, 5.41) is 11.0. The largest absolute Gasteiger partial charge is 0.486 e. The van der Waals surface area contributed by atoms with Crippen molar-refractivity contribution < 1.29 is 14.3 Å². The molecular weight excluding hydrogens is 372 g/mol. The molecule has 0 N–H and O–H groups in total. The number of ether oxygens (including phenoxy) is 2. The lowest BCUT2D eigenvalue weighted by atomic mass is 10.1. The van der Waals surface area contributed by atoms with E-state index in [-0.39, 0.29) is 11.5 Å². The molecule has 2 aromatic carbocycles. The Morgan fingerprint density at radius 1 is 1.11 bits per heavy atom. The van der Waals surface area contributed by atoms with E-state index < -0.39 is 0 Å². The second-order valence-corrected chi connectivity index (χ2v) is 7.62. The van der Waals surface area contributed by atoms with Crippen molar-refractivity contribution in [1.82, 2.24) is 4.98 Å². The Bertz CT molecular complexity index is 1130. The van der Waals surface area contributed by atoms with Crippen LogP contribution < -0.4 is 9.47 Å². The van der Waals surface area contributed by atoms with Crippen LogP contribution in [-0.4, -0.2) is 29.7 Å². The van der Waals surface area contributed by atoms with Crippen LogP contribution in [0.15, 0.2) is 41.4 Å². The van der Waals surface area contributed by atoms with E-state index in [9.17, 15) is 10.1 Å². The van der Waals surface area contributed by atoms with Gasteiger partial charge < -0.3 is 9.47 Å². The number of ketones is 1. The number of hydrogen-bond donors (Lipinski definition) is 0. The van der Waals surface area contributed by atoms with Crippen LogP contribution in [0.2, 0.25) is 0 Å². The normalized spacial score (nSPS) is 12.6. The second-order valence-electron chi connectivity index (χ2n) is 6.65. The maximum atomic E-state index is 12.6. The highest BCUT2D eigenvalue weighted by atomic mass is 32.2. The zero-order valence-corrected chi connectivity index (χ0v) is 16.4. The van der Waals surface area contributed by atoms with Gasteiger partial charge in [0.2, 0.25) is 0 Å². The van der Waals surface area contributed by atoms with Crippen molar-refractivity contribution in [2.45, 2.75) is 18.9 Å². The number of aryl methyl sites for hydroxylation is 2. The lowest BCUT2D eigenvalue weighted by Gasteiger charge is -2.18. The molecule has 0 unspecified atom stereocenters. The van der Waals surface area contributed by atoms with Gasteiger partial charge in [-0.05, 0) is 61.4 Å². The van der Waals surface area contributed by atoms with Crippen LogP contribution >= 0.6 is 11.8 Å². The Balaban J connectivity index is 1.57. The molecule has 0 spiro atoms. The van der Waals surface area contributed by atoms with Gasteiger partial charge in [-0.2, -0.15) is 5.26 Å². The maximum Gasteiger partial charge on any atom is 0.173 e. The molecule has 1 aromatic heterocycles. The number of hydrogen-bond acceptors (Lipinski definition) is 6. The molecular formula is C22H18N2O3S. The number of carbonyl (C=O) groups is 1. The van der Waals surface area contributed by atoms with Crippen molar-refractivity contribution in [3.8, 4) is 17.6 Å². The van der Waals surface area contributed by atoms with Crippen molar-refractivity contribution >= 4 is 28.4 Å². The average molecular weight is 390 g/mol. The molecule has 3 aromatic rings. The number of Topliss-reactive ketones (excluding diaryl/α,β-unsaturated/α-hetero) is 1. The number of fused-ring (bicyclic) bond motifs is 2. The molecule has 1 aliphatic heterocycles. The average Bonchev–Trinajstić information content (AvgIpc) is 2.72. The van der Waals surface area contributed by atoms with E-state index in [1.807, 2.05) is 32.0 Å². The Hall–Kier alpha value is -3.04. The summed E-state index contributed by atoms with van der Waals surface area (Å²) in [6.07, 6.45) is 0. The minimum absolute atomic E-state index is 0.0483. The van der Waals surface area contributed by atoms with E-state index >= 15 is 0 Å². The van der Waals surface area contributed by atoms with E-state index in [1.54, 1.807) is 18.2 Å². The predicted octanol–water partition coefficient (Wildman–Crippen LogP) is 4.47. The van der Waals surface area contributed by atoms with Gasteiger partial charge in [-0.3, -0.25) is 4.79 Å². The summed E-state index contributed by atoms with van der Waals surface area (Å²) in [5.74, 6) is 1.39. The molecule has 0 saturated carbocycles. The standard InChI is InChI=1S/C22H18N2O3S/c1-13-7-16-9-17(11-23)22(24-18(16)8-14(13)2)28-12-19(25)15-3-4-20-21(10-15)27-6-5-26-20/h3-4,7-10H,5-6,12H2,1-2H3. The van der Waals surface area contributed by atoms with E-state index in [0.717, 1.165) is 22.0 Å². The summed E-state index contributed by atoms with van der Waals surface area (Å²) in [6, 6.07) is 13.3. The van der Waals surface area contributed by atoms with Crippen LogP contribution in [0.3, 0.4) is 0 Å². The second kappa shape index (κ2) is 7.53. The van der Waals surface area contributed by atoms with Crippen molar-refractivity contribution in [3.63, 3.8) is 0 Å². The summed E-state index contributed by atoms with van der Waals surface area (Å²) in [7, 11) is 0. The van der Waals surface area contributed by atoms with Gasteiger partial charge in [0.15, 0.2) is 17.3 Å². The van der Waals surface area contributed by atoms with Crippen LogP contribution in [0.5, 0.6) is 11.5 Å². The fraction of sp³-hybridized carbons (Fsp3) is 0.227. The fourth-order valence-electron chi connectivity index (χ4n) is 3.05. The summed E-state index contributed by atoms with van der Waals surface area (Å²) in [6.45, 7) is 5.06. The van der Waals surface area contributed by atoms with Gasteiger partial charge in [0.1, 0.15) is 24.3 Å². The molecule has 4 rings (SSSR count). The number of nitriles is 1.